The van der Waals surface area contributed by atoms with Gasteiger partial charge in [-0.2, -0.15) is 24.7 Å². The summed E-state index contributed by atoms with van der Waals surface area (Å²) in [5.41, 5.74) is 3.84. The van der Waals surface area contributed by atoms with Crippen LogP contribution in [0.3, 0.4) is 0 Å². The second-order valence-electron chi connectivity index (χ2n) is 13.8. The largest absolute Gasteiger partial charge is 0.461 e. The standard InChI is InChI=1S/C36H35ClF3N11O2/c1-21-13-27-24(16-43-47-27)28(29(21)37)32-30(40)31-25(15-42-32)33(46-35(45-31)53-20-36-6-4-9-49(36)17-22(38)14-36)48-11-12-51(23(18-48)5-7-41)34(52)26(39)19-50-10-3-2-8-44-50/h2-3,8,10,13,15-16,19,22-23,44H,4-6,9,11-12,14,17-18,20H2,1H3,(H,43,47)/b26-19-/t22-,23+,36+/m1/s1. The molecule has 0 unspecified atom stereocenters. The third-order valence-electron chi connectivity index (χ3n) is 10.5. The van der Waals surface area contributed by atoms with Gasteiger partial charge in [0, 0.05) is 62.1 Å². The number of benzene rings is 1. The minimum atomic E-state index is -1.01. The summed E-state index contributed by atoms with van der Waals surface area (Å²) in [7, 11) is 0. The Morgan fingerprint density at radius 1 is 1.21 bits per heavy atom. The number of pyridine rings is 1. The number of allylic oxidation sites excluding steroid dienone is 2. The highest BCUT2D eigenvalue weighted by Gasteiger charge is 2.49. The molecule has 7 heterocycles. The molecule has 2 N–H and O–H groups in total. The van der Waals surface area contributed by atoms with E-state index >= 15 is 8.78 Å². The number of piperazine rings is 1. The number of aromatic amines is 1. The van der Waals surface area contributed by atoms with Crippen LogP contribution in [0.5, 0.6) is 6.01 Å². The number of nitrogens with one attached hydrogen (secondary N) is 2. The summed E-state index contributed by atoms with van der Waals surface area (Å²) in [6, 6.07) is 3.08. The molecule has 3 atom stereocenters. The summed E-state index contributed by atoms with van der Waals surface area (Å²) in [4.78, 5) is 32.4. The fourth-order valence-electron chi connectivity index (χ4n) is 7.94. The monoisotopic (exact) mass is 745 g/mol. The van der Waals surface area contributed by atoms with E-state index in [4.69, 9.17) is 21.3 Å². The maximum Gasteiger partial charge on any atom is 0.319 e. The minimum absolute atomic E-state index is 0.0403. The van der Waals surface area contributed by atoms with Crippen LogP contribution in [0.15, 0.2) is 55.0 Å². The number of anilines is 1. The summed E-state index contributed by atoms with van der Waals surface area (Å²) >= 11 is 6.77. The summed E-state index contributed by atoms with van der Waals surface area (Å²) < 4.78 is 53.0. The van der Waals surface area contributed by atoms with Gasteiger partial charge in [-0.05, 0) is 50.1 Å². The number of aromatic nitrogens is 5. The summed E-state index contributed by atoms with van der Waals surface area (Å²) in [6.07, 6.45) is 11.5. The molecule has 8 rings (SSSR count). The molecule has 0 spiro atoms. The molecule has 1 aromatic carbocycles. The molecule has 0 aliphatic carbocycles. The van der Waals surface area contributed by atoms with Gasteiger partial charge in [0.2, 0.25) is 5.83 Å². The highest BCUT2D eigenvalue weighted by molar-refractivity contribution is 6.35. The average Bonchev–Trinajstić information content (AvgIpc) is 3.86. The molecule has 4 aliphatic heterocycles. The van der Waals surface area contributed by atoms with Gasteiger partial charge in [-0.1, -0.05) is 11.6 Å². The summed E-state index contributed by atoms with van der Waals surface area (Å²) in [5.74, 6) is -2.38. The number of hydrogen-bond acceptors (Lipinski definition) is 11. The second kappa shape index (κ2) is 13.9. The molecule has 17 heteroatoms. The zero-order chi connectivity index (χ0) is 36.9. The number of H-pyrrole nitrogens is 1. The molecule has 3 fully saturated rings. The number of carbonyl (C=O) groups excluding carboxylic acids is 1. The van der Waals surface area contributed by atoms with E-state index in [-0.39, 0.29) is 61.1 Å². The molecule has 13 nitrogen and oxygen atoms in total. The van der Waals surface area contributed by atoms with Crippen molar-refractivity contribution in [1.29, 1.82) is 5.26 Å². The fraction of sp³-hybridized carbons (Fsp3) is 0.389. The molecule has 0 bridgehead atoms. The van der Waals surface area contributed by atoms with E-state index in [1.165, 1.54) is 16.1 Å². The summed E-state index contributed by atoms with van der Waals surface area (Å²) in [5, 5.41) is 19.2. The number of ether oxygens (including phenoxy) is 1. The SMILES string of the molecule is Cc1cc2[nH]ncc2c(-c2ncc3c(N4CCN(C(=O)/C(F)=C/N5C=CC=CN5)[C@@H](CC#N)C4)nc(OC[C@@]45CCCN4C[C@H](F)C5)nc3c2F)c1Cl. The molecule has 4 aromatic rings. The Bertz CT molecular complexity index is 2240. The smallest absolute Gasteiger partial charge is 0.319 e. The Morgan fingerprint density at radius 2 is 2.08 bits per heavy atom. The first-order chi connectivity index (χ1) is 25.7. The first-order valence-corrected chi connectivity index (χ1v) is 17.7. The fourth-order valence-corrected chi connectivity index (χ4v) is 8.19. The zero-order valence-corrected chi connectivity index (χ0v) is 29.5. The molecule has 274 valence electrons. The van der Waals surface area contributed by atoms with Crippen LogP contribution in [0.25, 0.3) is 33.1 Å². The van der Waals surface area contributed by atoms with Crippen LogP contribution in [-0.2, 0) is 4.79 Å². The Labute approximate surface area is 307 Å². The van der Waals surface area contributed by atoms with E-state index in [0.29, 0.717) is 40.0 Å². The van der Waals surface area contributed by atoms with Crippen LogP contribution in [-0.4, -0.2) is 103 Å². The number of hydrogen-bond donors (Lipinski definition) is 2. The van der Waals surface area contributed by atoms with Crippen LogP contribution in [0, 0.1) is 24.1 Å². The number of halogens is 4. The molecule has 1 amide bonds. The molecule has 4 aliphatic rings. The normalized spacial score (nSPS) is 23.2. The van der Waals surface area contributed by atoms with Crippen molar-refractivity contribution in [3.8, 4) is 23.3 Å². The summed E-state index contributed by atoms with van der Waals surface area (Å²) in [6.45, 7) is 3.29. The topological polar surface area (TPSA) is 142 Å². The lowest BCUT2D eigenvalue weighted by Crippen LogP contribution is -2.55. The first-order valence-electron chi connectivity index (χ1n) is 17.3. The molecular weight excluding hydrogens is 711 g/mol. The van der Waals surface area contributed by atoms with E-state index in [9.17, 15) is 14.4 Å². The number of carbonyl (C=O) groups is 1. The molecule has 53 heavy (non-hydrogen) atoms. The van der Waals surface area contributed by atoms with Crippen molar-refractivity contribution in [2.75, 3.05) is 44.2 Å². The van der Waals surface area contributed by atoms with Crippen molar-refractivity contribution >= 4 is 45.1 Å². The predicted octanol–water partition coefficient (Wildman–Crippen LogP) is 5.21. The number of fused-ring (bicyclic) bond motifs is 3. The minimum Gasteiger partial charge on any atom is -0.461 e. The van der Waals surface area contributed by atoms with Crippen molar-refractivity contribution in [1.82, 2.24) is 45.4 Å². The number of hydrazine groups is 1. The van der Waals surface area contributed by atoms with Gasteiger partial charge in [0.1, 0.15) is 29.8 Å². The maximum atomic E-state index is 16.9. The van der Waals surface area contributed by atoms with Gasteiger partial charge in [0.05, 0.1) is 52.4 Å². The third-order valence-corrected chi connectivity index (χ3v) is 11.0. The van der Waals surface area contributed by atoms with Gasteiger partial charge in [-0.15, -0.1) is 0 Å². The highest BCUT2D eigenvalue weighted by Crippen LogP contribution is 2.42. The van der Waals surface area contributed by atoms with Crippen molar-refractivity contribution in [3.63, 3.8) is 0 Å². The molecular formula is C36H35ClF3N11O2. The average molecular weight is 746 g/mol. The lowest BCUT2D eigenvalue weighted by atomic mass is 9.95. The van der Waals surface area contributed by atoms with Crippen molar-refractivity contribution < 1.29 is 22.7 Å². The number of nitrogens with zero attached hydrogens (tertiary/aromatic N) is 9. The number of amides is 1. The number of aryl methyl sites for hydroxylation is 1. The molecule has 3 aromatic heterocycles. The Kier molecular flexibility index (Phi) is 9.07. The highest BCUT2D eigenvalue weighted by atomic mass is 35.5. The third kappa shape index (κ3) is 6.27. The van der Waals surface area contributed by atoms with E-state index < -0.39 is 35.3 Å². The Hall–Kier alpha value is -5.40. The lowest BCUT2D eigenvalue weighted by Gasteiger charge is -2.41. The van der Waals surface area contributed by atoms with Gasteiger partial charge in [0.25, 0.3) is 5.91 Å². The number of nitriles is 1. The van der Waals surface area contributed by atoms with E-state index in [1.54, 1.807) is 42.6 Å². The first kappa shape index (κ1) is 34.7. The molecule has 0 saturated carbocycles. The molecule has 0 radical (unpaired) electrons. The van der Waals surface area contributed by atoms with Gasteiger partial charge < -0.3 is 20.0 Å². The van der Waals surface area contributed by atoms with Crippen molar-refractivity contribution in [2.24, 2.45) is 0 Å². The van der Waals surface area contributed by atoms with Gasteiger partial charge in [-0.3, -0.25) is 24.8 Å². The quantitative estimate of drug-likeness (QED) is 0.230. The van der Waals surface area contributed by atoms with Crippen LogP contribution >= 0.6 is 11.6 Å². The predicted molar refractivity (Wildman–Crippen MR) is 191 cm³/mol. The van der Waals surface area contributed by atoms with Gasteiger partial charge in [-0.25, -0.2) is 8.78 Å². The van der Waals surface area contributed by atoms with Crippen LogP contribution in [0.1, 0.15) is 31.2 Å². The lowest BCUT2D eigenvalue weighted by molar-refractivity contribution is -0.131. The van der Waals surface area contributed by atoms with Crippen LogP contribution < -0.4 is 15.1 Å². The van der Waals surface area contributed by atoms with Crippen LogP contribution in [0.2, 0.25) is 5.02 Å². The maximum absolute atomic E-state index is 16.9. The van der Waals surface area contributed by atoms with E-state index in [0.717, 1.165) is 25.6 Å². The van der Waals surface area contributed by atoms with Gasteiger partial charge >= 0.3 is 6.01 Å². The number of rotatable bonds is 8. The Balaban J connectivity index is 1.17. The second-order valence-corrected chi connectivity index (χ2v) is 14.1. The van der Waals surface area contributed by atoms with Crippen molar-refractivity contribution in [2.45, 2.75) is 50.4 Å². The Morgan fingerprint density at radius 3 is 2.89 bits per heavy atom. The van der Waals surface area contributed by atoms with Crippen LogP contribution in [0.4, 0.5) is 19.0 Å². The molecule has 3 saturated heterocycles. The van der Waals surface area contributed by atoms with Gasteiger partial charge in [0.15, 0.2) is 5.82 Å². The van der Waals surface area contributed by atoms with E-state index in [2.05, 4.69) is 36.6 Å². The zero-order valence-electron chi connectivity index (χ0n) is 28.7. The van der Waals surface area contributed by atoms with E-state index in [1.807, 2.05) is 6.07 Å². The number of alkyl halides is 1. The van der Waals surface area contributed by atoms with Crippen molar-refractivity contribution in [3.05, 3.63) is 71.4 Å².